The van der Waals surface area contributed by atoms with Crippen molar-refractivity contribution in [2.24, 2.45) is 0 Å². The first-order chi connectivity index (χ1) is 9.49. The topological polar surface area (TPSA) is 65.5 Å². The summed E-state index contributed by atoms with van der Waals surface area (Å²) < 4.78 is 10.6. The average molecular weight is 293 g/mol. The van der Waals surface area contributed by atoms with Crippen LogP contribution in [0.4, 0.5) is 0 Å². The third kappa shape index (κ3) is 5.94. The summed E-state index contributed by atoms with van der Waals surface area (Å²) in [6, 6.07) is 5.04. The molecule has 1 heterocycles. The van der Waals surface area contributed by atoms with E-state index >= 15 is 0 Å². The molecule has 0 saturated heterocycles. The molecule has 1 rings (SSSR count). The van der Waals surface area contributed by atoms with Gasteiger partial charge < -0.3 is 9.47 Å². The lowest BCUT2D eigenvalue weighted by Gasteiger charge is -2.26. The van der Waals surface area contributed by atoms with Crippen LogP contribution in [0.1, 0.15) is 53.2 Å². The fourth-order valence-electron chi connectivity index (χ4n) is 1.61. The number of rotatable bonds is 3. The van der Waals surface area contributed by atoms with E-state index in [0.717, 1.165) is 0 Å². The van der Waals surface area contributed by atoms with Gasteiger partial charge in [0.25, 0.3) is 0 Å². The largest absolute Gasteiger partial charge is 0.459 e. The van der Waals surface area contributed by atoms with E-state index in [4.69, 9.17) is 9.47 Å². The Morgan fingerprint density at radius 3 is 1.76 bits per heavy atom. The SMILES string of the molecule is CC(C)(C)OC(=O)C(C(=O)OC(C)(C)C)c1ccccn1. The smallest absolute Gasteiger partial charge is 0.327 e. The lowest BCUT2D eigenvalue weighted by atomic mass is 10.0. The Kier molecular flexibility index (Phi) is 5.10. The highest BCUT2D eigenvalue weighted by Gasteiger charge is 2.37. The Morgan fingerprint density at radius 1 is 0.952 bits per heavy atom. The molecule has 5 heteroatoms. The molecule has 0 spiro atoms. The molecule has 0 aromatic carbocycles. The number of carbonyl (C=O) groups excluding carboxylic acids is 2. The molecule has 0 N–H and O–H groups in total. The number of hydrogen-bond acceptors (Lipinski definition) is 5. The summed E-state index contributed by atoms with van der Waals surface area (Å²) >= 11 is 0. The molecule has 116 valence electrons. The zero-order chi connectivity index (χ0) is 16.3. The number of aromatic nitrogens is 1. The van der Waals surface area contributed by atoms with Crippen LogP contribution in [0.15, 0.2) is 24.4 Å². The molecule has 0 amide bonds. The molecule has 0 fully saturated rings. The fraction of sp³-hybridized carbons (Fsp3) is 0.562. The highest BCUT2D eigenvalue weighted by Crippen LogP contribution is 2.23. The summed E-state index contributed by atoms with van der Waals surface area (Å²) in [5.74, 6) is -2.49. The quantitative estimate of drug-likeness (QED) is 0.633. The Morgan fingerprint density at radius 2 is 1.43 bits per heavy atom. The third-order valence-electron chi connectivity index (χ3n) is 2.27. The van der Waals surface area contributed by atoms with Crippen molar-refractivity contribution in [1.82, 2.24) is 4.98 Å². The number of nitrogens with zero attached hydrogens (tertiary/aromatic N) is 1. The second-order valence-corrected chi connectivity index (χ2v) is 6.75. The van der Waals surface area contributed by atoms with Crippen molar-refractivity contribution < 1.29 is 19.1 Å². The normalized spacial score (nSPS) is 12.1. The maximum Gasteiger partial charge on any atom is 0.327 e. The van der Waals surface area contributed by atoms with Crippen LogP contribution in [0.2, 0.25) is 0 Å². The van der Waals surface area contributed by atoms with E-state index in [9.17, 15) is 9.59 Å². The van der Waals surface area contributed by atoms with E-state index in [0.29, 0.717) is 5.69 Å². The van der Waals surface area contributed by atoms with Gasteiger partial charge in [0.1, 0.15) is 11.2 Å². The van der Waals surface area contributed by atoms with E-state index in [1.54, 1.807) is 59.7 Å². The number of pyridine rings is 1. The highest BCUT2D eigenvalue weighted by atomic mass is 16.6. The van der Waals surface area contributed by atoms with E-state index in [-0.39, 0.29) is 0 Å². The molecule has 1 aromatic heterocycles. The first-order valence-corrected chi connectivity index (χ1v) is 6.86. The molecule has 0 bridgehead atoms. The van der Waals surface area contributed by atoms with Crippen LogP contribution < -0.4 is 0 Å². The van der Waals surface area contributed by atoms with E-state index in [1.807, 2.05) is 0 Å². The molecular formula is C16H23NO4. The van der Waals surface area contributed by atoms with Crippen molar-refractivity contribution in [3.05, 3.63) is 30.1 Å². The lowest BCUT2D eigenvalue weighted by Crippen LogP contribution is -2.35. The fourth-order valence-corrected chi connectivity index (χ4v) is 1.61. The Balaban J connectivity index is 3.07. The highest BCUT2D eigenvalue weighted by molar-refractivity contribution is 6.00. The Hall–Kier alpha value is -1.91. The van der Waals surface area contributed by atoms with Crippen molar-refractivity contribution >= 4 is 11.9 Å². The second kappa shape index (κ2) is 6.24. The van der Waals surface area contributed by atoms with Gasteiger partial charge in [-0.1, -0.05) is 6.07 Å². The van der Waals surface area contributed by atoms with Crippen molar-refractivity contribution in [1.29, 1.82) is 0 Å². The maximum atomic E-state index is 12.3. The molecule has 0 unspecified atom stereocenters. The van der Waals surface area contributed by atoms with Crippen LogP contribution in [0, 0.1) is 0 Å². The van der Waals surface area contributed by atoms with Gasteiger partial charge in [-0.2, -0.15) is 0 Å². The van der Waals surface area contributed by atoms with Gasteiger partial charge >= 0.3 is 11.9 Å². The van der Waals surface area contributed by atoms with Crippen molar-refractivity contribution in [2.75, 3.05) is 0 Å². The lowest BCUT2D eigenvalue weighted by molar-refractivity contribution is -0.169. The average Bonchev–Trinajstić information content (AvgIpc) is 2.25. The molecule has 1 aromatic rings. The number of hydrogen-bond donors (Lipinski definition) is 0. The van der Waals surface area contributed by atoms with E-state index < -0.39 is 29.1 Å². The van der Waals surface area contributed by atoms with E-state index in [1.165, 1.54) is 6.20 Å². The van der Waals surface area contributed by atoms with Crippen LogP contribution in [0.5, 0.6) is 0 Å². The van der Waals surface area contributed by atoms with Gasteiger partial charge in [0.05, 0.1) is 5.69 Å². The minimum Gasteiger partial charge on any atom is -0.459 e. The van der Waals surface area contributed by atoms with Gasteiger partial charge in [-0.15, -0.1) is 0 Å². The van der Waals surface area contributed by atoms with Crippen molar-refractivity contribution in [3.63, 3.8) is 0 Å². The molecule has 5 nitrogen and oxygen atoms in total. The summed E-state index contributed by atoms with van der Waals surface area (Å²) in [4.78, 5) is 28.7. The zero-order valence-electron chi connectivity index (χ0n) is 13.5. The zero-order valence-corrected chi connectivity index (χ0v) is 13.5. The van der Waals surface area contributed by atoms with Gasteiger partial charge in [-0.25, -0.2) is 0 Å². The van der Waals surface area contributed by atoms with Gasteiger partial charge in [0, 0.05) is 6.20 Å². The van der Waals surface area contributed by atoms with Crippen LogP contribution in [-0.4, -0.2) is 28.1 Å². The van der Waals surface area contributed by atoms with Gasteiger partial charge in [0.2, 0.25) is 0 Å². The third-order valence-corrected chi connectivity index (χ3v) is 2.27. The predicted octanol–water partition coefficient (Wildman–Crippen LogP) is 2.85. The molecule has 0 aliphatic rings. The Bertz CT molecular complexity index is 469. The number of ether oxygens (including phenoxy) is 2. The standard InChI is InChI=1S/C16H23NO4/c1-15(2,3)20-13(18)12(11-9-7-8-10-17-11)14(19)21-16(4,5)6/h7-10,12H,1-6H3. The Labute approximate surface area is 125 Å². The minimum atomic E-state index is -1.18. The van der Waals surface area contributed by atoms with Gasteiger partial charge in [0.15, 0.2) is 5.92 Å². The van der Waals surface area contributed by atoms with E-state index in [2.05, 4.69) is 4.98 Å². The predicted molar refractivity (Wildman–Crippen MR) is 78.7 cm³/mol. The molecule has 0 atom stereocenters. The van der Waals surface area contributed by atoms with Crippen LogP contribution in [0.3, 0.4) is 0 Å². The summed E-state index contributed by atoms with van der Waals surface area (Å²) in [5.41, 5.74) is -1.06. The minimum absolute atomic E-state index is 0.320. The van der Waals surface area contributed by atoms with Gasteiger partial charge in [-0.05, 0) is 53.7 Å². The van der Waals surface area contributed by atoms with Gasteiger partial charge in [-0.3, -0.25) is 14.6 Å². The molecule has 21 heavy (non-hydrogen) atoms. The monoisotopic (exact) mass is 293 g/mol. The molecule has 0 aliphatic carbocycles. The number of carbonyl (C=O) groups is 2. The first-order valence-electron chi connectivity index (χ1n) is 6.86. The molecular weight excluding hydrogens is 270 g/mol. The van der Waals surface area contributed by atoms with Crippen LogP contribution >= 0.6 is 0 Å². The maximum absolute atomic E-state index is 12.3. The summed E-state index contributed by atoms with van der Waals surface area (Å²) in [7, 11) is 0. The van der Waals surface area contributed by atoms with Crippen molar-refractivity contribution in [3.8, 4) is 0 Å². The second-order valence-electron chi connectivity index (χ2n) is 6.75. The number of esters is 2. The van der Waals surface area contributed by atoms with Crippen LogP contribution in [0.25, 0.3) is 0 Å². The molecule has 0 saturated carbocycles. The van der Waals surface area contributed by atoms with Crippen LogP contribution in [-0.2, 0) is 19.1 Å². The summed E-state index contributed by atoms with van der Waals surface area (Å²) in [6.45, 7) is 10.5. The molecule has 0 radical (unpaired) electrons. The molecule has 0 aliphatic heterocycles. The first kappa shape index (κ1) is 17.1. The summed E-state index contributed by atoms with van der Waals surface area (Å²) in [6.07, 6.45) is 1.52. The van der Waals surface area contributed by atoms with Crippen molar-refractivity contribution in [2.45, 2.75) is 58.7 Å². The summed E-state index contributed by atoms with van der Waals surface area (Å²) in [5, 5.41) is 0.